The first-order valence-electron chi connectivity index (χ1n) is 16.2. The Balaban J connectivity index is 1.21. The van der Waals surface area contributed by atoms with Crippen LogP contribution in [0.5, 0.6) is 0 Å². The number of hydrogen-bond acceptors (Lipinski definition) is 2. The van der Waals surface area contributed by atoms with Gasteiger partial charge < -0.3 is 4.57 Å². The third kappa shape index (κ3) is 4.18. The molecule has 0 radical (unpaired) electrons. The second kappa shape index (κ2) is 10.4. The van der Waals surface area contributed by atoms with Gasteiger partial charge in [-0.05, 0) is 69.1 Å². The van der Waals surface area contributed by atoms with Gasteiger partial charge in [0, 0.05) is 37.5 Å². The van der Waals surface area contributed by atoms with E-state index in [0.29, 0.717) is 0 Å². The van der Waals surface area contributed by atoms with Gasteiger partial charge in [-0.2, -0.15) is 0 Å². The highest BCUT2D eigenvalue weighted by Crippen LogP contribution is 2.52. The highest BCUT2D eigenvalue weighted by molar-refractivity contribution is 7.85. The van der Waals surface area contributed by atoms with Crippen molar-refractivity contribution in [1.82, 2.24) is 4.98 Å². The molecule has 0 atom stereocenters. The molecule has 0 spiro atoms. The molecule has 0 amide bonds. The highest BCUT2D eigenvalue weighted by Gasteiger charge is 2.38. The van der Waals surface area contributed by atoms with E-state index in [2.05, 4.69) is 105 Å². The van der Waals surface area contributed by atoms with Crippen molar-refractivity contribution in [1.29, 1.82) is 0 Å². The third-order valence-corrected chi connectivity index (χ3v) is 13.2. The molecule has 0 bridgehead atoms. The molecule has 0 saturated carbocycles. The molecular formula is C44H32NOP. The van der Waals surface area contributed by atoms with E-state index in [1.807, 2.05) is 66.7 Å². The second-order valence-electron chi connectivity index (χ2n) is 13.1. The zero-order chi connectivity index (χ0) is 31.8. The number of rotatable bonds is 4. The van der Waals surface area contributed by atoms with Crippen molar-refractivity contribution >= 4 is 55.6 Å². The van der Waals surface area contributed by atoms with Crippen molar-refractivity contribution in [2.24, 2.45) is 0 Å². The van der Waals surface area contributed by atoms with Gasteiger partial charge in [-0.15, -0.1) is 0 Å². The van der Waals surface area contributed by atoms with Crippen LogP contribution in [0.25, 0.3) is 54.8 Å². The zero-order valence-corrected chi connectivity index (χ0v) is 27.2. The lowest BCUT2D eigenvalue weighted by molar-refractivity contribution is 0.592. The molecule has 224 valence electrons. The van der Waals surface area contributed by atoms with Crippen LogP contribution in [0.15, 0.2) is 158 Å². The van der Waals surface area contributed by atoms with Gasteiger partial charge in [-0.25, -0.2) is 4.98 Å². The van der Waals surface area contributed by atoms with Crippen LogP contribution in [0.3, 0.4) is 0 Å². The first-order chi connectivity index (χ1) is 22.9. The summed E-state index contributed by atoms with van der Waals surface area (Å²) in [6, 6.07) is 54.8. The van der Waals surface area contributed by atoms with Crippen molar-refractivity contribution in [2.75, 3.05) is 0 Å². The highest BCUT2D eigenvalue weighted by atomic mass is 31.2. The number of para-hydroxylation sites is 1. The third-order valence-electron chi connectivity index (χ3n) is 10.1. The molecule has 47 heavy (non-hydrogen) atoms. The molecule has 7 aromatic carbocycles. The summed E-state index contributed by atoms with van der Waals surface area (Å²) in [7, 11) is -3.09. The molecule has 0 saturated heterocycles. The molecule has 8 aromatic rings. The first-order valence-corrected chi connectivity index (χ1v) is 17.9. The predicted octanol–water partition coefficient (Wildman–Crippen LogP) is 10.2. The number of nitrogens with zero attached hydrogens (tertiary/aromatic N) is 1. The van der Waals surface area contributed by atoms with Crippen molar-refractivity contribution in [3.63, 3.8) is 0 Å². The molecule has 1 aliphatic rings. The Morgan fingerprint density at radius 1 is 0.489 bits per heavy atom. The maximum atomic E-state index is 15.2. The quantitative estimate of drug-likeness (QED) is 0.111. The summed E-state index contributed by atoms with van der Waals surface area (Å²) in [5, 5.41) is 7.23. The Morgan fingerprint density at radius 2 is 1.09 bits per heavy atom. The lowest BCUT2D eigenvalue weighted by Gasteiger charge is -2.25. The Morgan fingerprint density at radius 3 is 1.81 bits per heavy atom. The number of fused-ring (bicyclic) bond motifs is 7. The van der Waals surface area contributed by atoms with E-state index in [9.17, 15) is 0 Å². The smallest absolute Gasteiger partial charge is 0.171 e. The molecule has 1 heterocycles. The van der Waals surface area contributed by atoms with Gasteiger partial charge in [-0.1, -0.05) is 141 Å². The van der Waals surface area contributed by atoms with Crippen LogP contribution in [0.4, 0.5) is 0 Å². The summed E-state index contributed by atoms with van der Waals surface area (Å²) in [6.07, 6.45) is 0. The number of benzene rings is 7. The van der Waals surface area contributed by atoms with Crippen LogP contribution in [-0.2, 0) is 9.98 Å². The summed E-state index contributed by atoms with van der Waals surface area (Å²) in [6.45, 7) is 4.60. The van der Waals surface area contributed by atoms with E-state index in [1.54, 1.807) is 0 Å². The summed E-state index contributed by atoms with van der Waals surface area (Å²) in [4.78, 5) is 5.10. The Hall–Kier alpha value is -5.30. The lowest BCUT2D eigenvalue weighted by Crippen LogP contribution is -2.26. The lowest BCUT2D eigenvalue weighted by atomic mass is 9.81. The molecule has 0 aliphatic heterocycles. The van der Waals surface area contributed by atoms with Crippen LogP contribution in [0, 0.1) is 0 Å². The Labute approximate surface area is 274 Å². The van der Waals surface area contributed by atoms with Crippen molar-refractivity contribution < 1.29 is 4.57 Å². The fourth-order valence-electron chi connectivity index (χ4n) is 7.67. The summed E-state index contributed by atoms with van der Waals surface area (Å²) >= 11 is 0. The summed E-state index contributed by atoms with van der Waals surface area (Å²) in [5.41, 5.74) is 9.13. The van der Waals surface area contributed by atoms with Gasteiger partial charge in [0.2, 0.25) is 0 Å². The summed E-state index contributed by atoms with van der Waals surface area (Å²) < 4.78 is 15.2. The van der Waals surface area contributed by atoms with E-state index in [1.165, 1.54) is 38.8 Å². The van der Waals surface area contributed by atoms with Gasteiger partial charge in [0.1, 0.15) is 0 Å². The molecule has 0 unspecified atom stereocenters. The number of pyridine rings is 1. The summed E-state index contributed by atoms with van der Waals surface area (Å²) in [5.74, 6) is 0. The van der Waals surface area contributed by atoms with Gasteiger partial charge in [0.15, 0.2) is 7.14 Å². The first kappa shape index (κ1) is 28.0. The largest absolute Gasteiger partial charge is 0.309 e. The second-order valence-corrected chi connectivity index (χ2v) is 15.9. The number of hydrogen-bond donors (Lipinski definition) is 0. The van der Waals surface area contributed by atoms with Crippen LogP contribution in [0.2, 0.25) is 0 Å². The molecule has 2 nitrogen and oxygen atoms in total. The van der Waals surface area contributed by atoms with Gasteiger partial charge >= 0.3 is 0 Å². The van der Waals surface area contributed by atoms with Crippen LogP contribution < -0.4 is 15.9 Å². The maximum absolute atomic E-state index is 15.2. The topological polar surface area (TPSA) is 30.0 Å². The molecule has 3 heteroatoms. The number of aromatic nitrogens is 1. The fraction of sp³-hybridized carbons (Fsp3) is 0.0682. The molecule has 0 fully saturated rings. The zero-order valence-electron chi connectivity index (χ0n) is 26.3. The Kier molecular flexibility index (Phi) is 6.16. The van der Waals surface area contributed by atoms with Crippen molar-refractivity contribution in [3.05, 3.63) is 169 Å². The monoisotopic (exact) mass is 621 g/mol. The standard InChI is InChI=1S/C44H32NOP/c1-44(2)40-27-29(39-26-31-25-30-13-9-12-20-42(30)45-43(31)38-19-11-10-18-35(38)39)21-23-36(40)37-24-22-34(28-41(37)44)47(46,32-14-5-3-6-15-32)33-16-7-4-8-17-33/h3-28H,1-2H3. The minimum Gasteiger partial charge on any atom is -0.309 e. The molecule has 1 aliphatic carbocycles. The SMILES string of the molecule is CC1(C)c2cc(-c3cc4cc5ccccc5nc4c4ccccc34)ccc2-c2ccc(P(=O)(c3ccccc3)c3ccccc3)cc21. The van der Waals surface area contributed by atoms with Crippen LogP contribution in [-0.4, -0.2) is 4.98 Å². The predicted molar refractivity (Wildman–Crippen MR) is 199 cm³/mol. The van der Waals surface area contributed by atoms with Crippen LogP contribution in [0.1, 0.15) is 25.0 Å². The van der Waals surface area contributed by atoms with Gasteiger partial charge in [0.05, 0.1) is 11.0 Å². The van der Waals surface area contributed by atoms with Gasteiger partial charge in [-0.3, -0.25) is 0 Å². The van der Waals surface area contributed by atoms with E-state index in [-0.39, 0.29) is 5.41 Å². The minimum absolute atomic E-state index is 0.278. The molecular weight excluding hydrogens is 589 g/mol. The van der Waals surface area contributed by atoms with Crippen LogP contribution >= 0.6 is 7.14 Å². The van der Waals surface area contributed by atoms with E-state index in [0.717, 1.165) is 43.1 Å². The fourth-order valence-corrected chi connectivity index (χ4v) is 10.3. The van der Waals surface area contributed by atoms with E-state index < -0.39 is 7.14 Å². The van der Waals surface area contributed by atoms with Crippen molar-refractivity contribution in [2.45, 2.75) is 19.3 Å². The molecule has 0 N–H and O–H groups in total. The average Bonchev–Trinajstić information content (AvgIpc) is 3.35. The molecule has 9 rings (SSSR count). The van der Waals surface area contributed by atoms with E-state index in [4.69, 9.17) is 4.98 Å². The maximum Gasteiger partial charge on any atom is 0.171 e. The normalized spacial score (nSPS) is 13.6. The Bertz CT molecular complexity index is 2530. The average molecular weight is 622 g/mol. The minimum atomic E-state index is -3.09. The van der Waals surface area contributed by atoms with Gasteiger partial charge in [0.25, 0.3) is 0 Å². The van der Waals surface area contributed by atoms with E-state index >= 15 is 4.57 Å². The van der Waals surface area contributed by atoms with Crippen molar-refractivity contribution in [3.8, 4) is 22.3 Å². The molecule has 1 aromatic heterocycles.